The van der Waals surface area contributed by atoms with E-state index in [1.807, 2.05) is 0 Å². The molecule has 2 nitrogen and oxygen atoms in total. The second-order valence-corrected chi connectivity index (χ2v) is 9.52. The quantitative estimate of drug-likeness (QED) is 0.822. The van der Waals surface area contributed by atoms with Gasteiger partial charge in [-0.25, -0.2) is 0 Å². The molecule has 104 valence electrons. The van der Waals surface area contributed by atoms with E-state index in [0.717, 1.165) is 10.6 Å². The molecule has 0 spiro atoms. The van der Waals surface area contributed by atoms with Crippen LogP contribution in [0.5, 0.6) is 0 Å². The number of thiophene rings is 2. The van der Waals surface area contributed by atoms with Crippen molar-refractivity contribution in [2.45, 2.75) is 22.7 Å². The minimum absolute atomic E-state index is 0.212. The van der Waals surface area contributed by atoms with Gasteiger partial charge in [0.05, 0.1) is 0 Å². The van der Waals surface area contributed by atoms with Gasteiger partial charge in [0.15, 0.2) is 0 Å². The Morgan fingerprint density at radius 1 is 1.00 bits per heavy atom. The molecule has 0 aliphatic carbocycles. The zero-order valence-corrected chi connectivity index (χ0v) is 14.2. The van der Waals surface area contributed by atoms with Crippen molar-refractivity contribution in [3.63, 3.8) is 0 Å². The monoisotopic (exact) mass is 369 g/mol. The standard InChI is InChI=1S/C15H15NOS2Se/c17-15-9-7-20-8-10(15)14(12-4-2-6-19-12)16-13(9)11-3-1-5-18-11/h1-6,9-10,13-14,16H,7-8H2. The SMILES string of the molecule is O=C1C2C[Se]CC1C(c1cccs1)NC2c1cccs1. The molecule has 5 heteroatoms. The van der Waals surface area contributed by atoms with Gasteiger partial charge in [0, 0.05) is 0 Å². The average Bonchev–Trinajstić information content (AvgIpc) is 3.12. The van der Waals surface area contributed by atoms with E-state index in [-0.39, 0.29) is 23.9 Å². The van der Waals surface area contributed by atoms with Crippen molar-refractivity contribution in [1.82, 2.24) is 5.32 Å². The van der Waals surface area contributed by atoms with Gasteiger partial charge >= 0.3 is 133 Å². The third-order valence-electron chi connectivity index (χ3n) is 4.19. The Morgan fingerprint density at radius 3 is 2.00 bits per heavy atom. The molecule has 4 unspecified atom stereocenters. The molecule has 2 bridgehead atoms. The number of rotatable bonds is 2. The van der Waals surface area contributed by atoms with Crippen LogP contribution >= 0.6 is 22.7 Å². The van der Waals surface area contributed by atoms with Crippen molar-refractivity contribution in [3.05, 3.63) is 44.8 Å². The number of hydrogen-bond acceptors (Lipinski definition) is 4. The maximum absolute atomic E-state index is 12.8. The van der Waals surface area contributed by atoms with E-state index in [9.17, 15) is 4.79 Å². The fourth-order valence-electron chi connectivity index (χ4n) is 3.21. The molecule has 2 aliphatic rings. The van der Waals surface area contributed by atoms with Crippen LogP contribution < -0.4 is 5.32 Å². The zero-order chi connectivity index (χ0) is 13.5. The molecule has 0 aromatic carbocycles. The van der Waals surface area contributed by atoms with E-state index in [1.54, 1.807) is 22.7 Å². The summed E-state index contributed by atoms with van der Waals surface area (Å²) in [6.07, 6.45) is 0. The van der Waals surface area contributed by atoms with Gasteiger partial charge in [-0.1, -0.05) is 0 Å². The van der Waals surface area contributed by atoms with Crippen LogP contribution in [0.15, 0.2) is 35.0 Å². The van der Waals surface area contributed by atoms with Gasteiger partial charge in [-0.2, -0.15) is 0 Å². The van der Waals surface area contributed by atoms with Crippen LogP contribution in [0.1, 0.15) is 21.8 Å². The molecule has 4 atom stereocenters. The molecule has 2 aromatic rings. The molecule has 2 aromatic heterocycles. The van der Waals surface area contributed by atoms with Crippen molar-refractivity contribution in [3.8, 4) is 0 Å². The van der Waals surface area contributed by atoms with E-state index in [1.165, 1.54) is 9.75 Å². The predicted octanol–water partition coefficient (Wildman–Crippen LogP) is 3.55. The van der Waals surface area contributed by atoms with Gasteiger partial charge in [-0.15, -0.1) is 0 Å². The van der Waals surface area contributed by atoms with Crippen LogP contribution in [0.2, 0.25) is 10.6 Å². The van der Waals surface area contributed by atoms with E-state index >= 15 is 0 Å². The third-order valence-corrected chi connectivity index (χ3v) is 8.60. The molecule has 20 heavy (non-hydrogen) atoms. The van der Waals surface area contributed by atoms with Crippen molar-refractivity contribution < 1.29 is 4.79 Å². The van der Waals surface area contributed by atoms with Crippen LogP contribution in [0.25, 0.3) is 0 Å². The van der Waals surface area contributed by atoms with Crippen molar-refractivity contribution in [1.29, 1.82) is 0 Å². The van der Waals surface area contributed by atoms with Crippen molar-refractivity contribution in [2.75, 3.05) is 0 Å². The molecule has 4 heterocycles. The first-order valence-electron chi connectivity index (χ1n) is 6.79. The Labute approximate surface area is 132 Å². The number of nitrogens with one attached hydrogen (secondary N) is 1. The van der Waals surface area contributed by atoms with Crippen LogP contribution in [0.3, 0.4) is 0 Å². The summed E-state index contributed by atoms with van der Waals surface area (Å²) in [6, 6.07) is 8.98. The topological polar surface area (TPSA) is 29.1 Å². The fourth-order valence-corrected chi connectivity index (χ4v) is 7.75. The molecule has 2 aliphatic heterocycles. The van der Waals surface area contributed by atoms with Gasteiger partial charge in [-0.05, 0) is 0 Å². The number of ketones is 1. The summed E-state index contributed by atoms with van der Waals surface area (Å²) < 4.78 is 0. The molecule has 2 fully saturated rings. The van der Waals surface area contributed by atoms with Gasteiger partial charge in [0.1, 0.15) is 0 Å². The number of carbonyl (C=O) groups excluding carboxylic acids is 1. The second kappa shape index (κ2) is 5.39. The third kappa shape index (κ3) is 2.13. The fraction of sp³-hybridized carbons (Fsp3) is 0.400. The minimum atomic E-state index is 0.212. The van der Waals surface area contributed by atoms with E-state index in [2.05, 4.69) is 40.3 Å². The van der Waals surface area contributed by atoms with Crippen LogP contribution in [0.4, 0.5) is 0 Å². The first-order chi connectivity index (χ1) is 9.84. The summed E-state index contributed by atoms with van der Waals surface area (Å²) >= 11 is 4.16. The summed E-state index contributed by atoms with van der Waals surface area (Å²) in [6.45, 7) is 0. The normalized spacial score (nSPS) is 33.3. The van der Waals surface area contributed by atoms with Gasteiger partial charge in [0.25, 0.3) is 0 Å². The Balaban J connectivity index is 1.73. The maximum atomic E-state index is 12.8. The molecular formula is C15H15NOS2Se. The summed E-state index contributed by atoms with van der Waals surface area (Å²) in [5, 5.41) is 10.2. The summed E-state index contributed by atoms with van der Waals surface area (Å²) in [5.41, 5.74) is 0. The Morgan fingerprint density at radius 2 is 1.55 bits per heavy atom. The zero-order valence-electron chi connectivity index (χ0n) is 10.8. The second-order valence-electron chi connectivity index (χ2n) is 5.31. The molecule has 0 radical (unpaired) electrons. The average molecular weight is 368 g/mol. The molecule has 1 N–H and O–H groups in total. The van der Waals surface area contributed by atoms with Gasteiger partial charge in [-0.3, -0.25) is 0 Å². The molecular weight excluding hydrogens is 353 g/mol. The van der Waals surface area contributed by atoms with Crippen molar-refractivity contribution >= 4 is 43.4 Å². The number of piperidine rings is 1. The molecule has 0 saturated carbocycles. The van der Waals surface area contributed by atoms with E-state index in [0.29, 0.717) is 20.7 Å². The number of fused-ring (bicyclic) bond motifs is 2. The van der Waals surface area contributed by atoms with Gasteiger partial charge < -0.3 is 0 Å². The number of carbonyl (C=O) groups is 1. The predicted molar refractivity (Wildman–Crippen MR) is 84.6 cm³/mol. The van der Waals surface area contributed by atoms with Crippen LogP contribution in [-0.4, -0.2) is 20.7 Å². The first-order valence-corrected chi connectivity index (χ1v) is 11.0. The van der Waals surface area contributed by atoms with E-state index < -0.39 is 0 Å². The van der Waals surface area contributed by atoms with Crippen molar-refractivity contribution in [2.24, 2.45) is 11.8 Å². The molecule has 4 rings (SSSR count). The van der Waals surface area contributed by atoms with Crippen LogP contribution in [-0.2, 0) is 4.79 Å². The summed E-state index contributed by atoms with van der Waals surface area (Å²) in [4.78, 5) is 15.4. The number of Topliss-reactive ketones (excluding diaryl/α,β-unsaturated/α-hetero) is 1. The number of hydrogen-bond donors (Lipinski definition) is 1. The van der Waals surface area contributed by atoms with Crippen LogP contribution in [0, 0.1) is 11.8 Å². The molecule has 2 saturated heterocycles. The Hall–Kier alpha value is -0.451. The molecule has 0 amide bonds. The van der Waals surface area contributed by atoms with E-state index in [4.69, 9.17) is 0 Å². The Kier molecular flexibility index (Phi) is 3.57. The summed E-state index contributed by atoms with van der Waals surface area (Å²) in [7, 11) is 0. The first kappa shape index (κ1) is 13.2. The summed E-state index contributed by atoms with van der Waals surface area (Å²) in [5.74, 6) is 0.931. The Bertz CT molecular complexity index is 545. The van der Waals surface area contributed by atoms with Gasteiger partial charge in [0.2, 0.25) is 0 Å².